The Morgan fingerprint density at radius 1 is 0.767 bits per heavy atom. The first kappa shape index (κ1) is 31.3. The number of aromatic hydroxyl groups is 1. The number of esters is 1. The van der Waals surface area contributed by atoms with Crippen LogP contribution < -0.4 is 28.4 Å². The predicted molar refractivity (Wildman–Crippen MR) is 158 cm³/mol. The summed E-state index contributed by atoms with van der Waals surface area (Å²) in [5, 5.41) is 9.86. The average Bonchev–Trinajstić information content (AvgIpc) is 3.03. The van der Waals surface area contributed by atoms with Crippen LogP contribution in [0.2, 0.25) is 0 Å². The van der Waals surface area contributed by atoms with Gasteiger partial charge >= 0.3 is 5.97 Å². The van der Waals surface area contributed by atoms with E-state index in [9.17, 15) is 14.7 Å². The lowest BCUT2D eigenvalue weighted by molar-refractivity contribution is -0.150. The molecule has 10 nitrogen and oxygen atoms in total. The van der Waals surface area contributed by atoms with Gasteiger partial charge in [0.05, 0.1) is 55.2 Å². The van der Waals surface area contributed by atoms with Crippen LogP contribution in [0.3, 0.4) is 0 Å². The first-order chi connectivity index (χ1) is 20.7. The Morgan fingerprint density at radius 3 is 1.95 bits per heavy atom. The van der Waals surface area contributed by atoms with Gasteiger partial charge in [-0.25, -0.2) is 0 Å². The van der Waals surface area contributed by atoms with Crippen LogP contribution in [0, 0.1) is 11.8 Å². The summed E-state index contributed by atoms with van der Waals surface area (Å²) in [6.07, 6.45) is 1.13. The fourth-order valence-electron chi connectivity index (χ4n) is 5.69. The highest BCUT2D eigenvalue weighted by Gasteiger charge is 2.46. The molecule has 3 aromatic carbocycles. The largest absolute Gasteiger partial charge is 0.504 e. The van der Waals surface area contributed by atoms with Gasteiger partial charge in [0.1, 0.15) is 0 Å². The molecule has 0 fully saturated rings. The molecule has 0 aliphatic heterocycles. The van der Waals surface area contributed by atoms with Crippen LogP contribution in [0.1, 0.15) is 46.3 Å². The molecular weight excluding hydrogens is 556 g/mol. The maximum absolute atomic E-state index is 13.8. The third-order valence-electron chi connectivity index (χ3n) is 7.88. The van der Waals surface area contributed by atoms with Crippen molar-refractivity contribution < 1.29 is 47.9 Å². The minimum Gasteiger partial charge on any atom is -0.504 e. The van der Waals surface area contributed by atoms with E-state index in [0.717, 1.165) is 5.56 Å². The quantitative estimate of drug-likeness (QED) is 0.221. The molecule has 0 spiro atoms. The first-order valence-corrected chi connectivity index (χ1v) is 13.8. The number of Topliss-reactive ketones (excluding diaryl/α,β-unsaturated/α-hetero) is 1. The predicted octanol–water partition coefficient (Wildman–Crippen LogP) is 5.20. The van der Waals surface area contributed by atoms with Crippen molar-refractivity contribution >= 4 is 11.8 Å². The minimum absolute atomic E-state index is 0.0565. The summed E-state index contributed by atoms with van der Waals surface area (Å²) in [5.74, 6) is -0.339. The summed E-state index contributed by atoms with van der Waals surface area (Å²) in [6, 6.07) is 12.1. The molecule has 0 bridgehead atoms. The van der Waals surface area contributed by atoms with Crippen molar-refractivity contribution in [1.29, 1.82) is 0 Å². The molecular formula is C33H38O10. The van der Waals surface area contributed by atoms with Crippen LogP contribution >= 0.6 is 0 Å². The molecule has 0 saturated carbocycles. The Balaban J connectivity index is 1.72. The standard InChI is InChI=1S/C33H38O10/c1-18-29(33(36)43-12-8-9-19-10-11-23(34)24(13-19)37-2)30(20-14-27(40-5)32(42-7)28(15-20)41-6)21-16-25(38-3)26(39-4)17-22(21)31(18)35/h10-11,13-18,29-30,34H,8-9,12H2,1-7H3. The zero-order valence-corrected chi connectivity index (χ0v) is 25.5. The summed E-state index contributed by atoms with van der Waals surface area (Å²) in [7, 11) is 9.06. The minimum atomic E-state index is -0.852. The number of ketones is 1. The molecule has 1 aliphatic rings. The van der Waals surface area contributed by atoms with Crippen molar-refractivity contribution in [2.24, 2.45) is 11.8 Å². The lowest BCUT2D eigenvalue weighted by Gasteiger charge is -2.36. The van der Waals surface area contributed by atoms with E-state index in [1.807, 2.05) is 0 Å². The highest BCUT2D eigenvalue weighted by molar-refractivity contribution is 6.04. The van der Waals surface area contributed by atoms with Gasteiger partial charge in [0.2, 0.25) is 5.75 Å². The van der Waals surface area contributed by atoms with Gasteiger partial charge in [-0.05, 0) is 65.9 Å². The Bertz CT molecular complexity index is 1460. The molecule has 0 aromatic heterocycles. The highest BCUT2D eigenvalue weighted by atomic mass is 16.5. The number of carbonyl (C=O) groups excluding carboxylic acids is 2. The highest BCUT2D eigenvalue weighted by Crippen LogP contribution is 2.50. The number of hydrogen-bond donors (Lipinski definition) is 1. The first-order valence-electron chi connectivity index (χ1n) is 13.8. The molecule has 230 valence electrons. The number of phenols is 1. The number of fused-ring (bicyclic) bond motifs is 1. The zero-order chi connectivity index (χ0) is 31.3. The lowest BCUT2D eigenvalue weighted by Crippen LogP contribution is -2.39. The number of phenolic OH excluding ortho intramolecular Hbond substituents is 1. The van der Waals surface area contributed by atoms with Crippen LogP contribution in [-0.2, 0) is 16.0 Å². The SMILES string of the molecule is COc1cc(CCCOC(=O)C2C(C)C(=O)c3cc(OC)c(OC)cc3C2c2cc(OC)c(OC)c(OC)c2)ccc1O. The topological polar surface area (TPSA) is 119 Å². The smallest absolute Gasteiger partial charge is 0.310 e. The van der Waals surface area contributed by atoms with Crippen molar-refractivity contribution in [3.05, 3.63) is 64.7 Å². The van der Waals surface area contributed by atoms with Crippen molar-refractivity contribution in [2.75, 3.05) is 49.3 Å². The van der Waals surface area contributed by atoms with E-state index in [1.165, 1.54) is 42.7 Å². The van der Waals surface area contributed by atoms with Crippen LogP contribution in [-0.4, -0.2) is 66.1 Å². The molecule has 1 aliphatic carbocycles. The van der Waals surface area contributed by atoms with E-state index < -0.39 is 23.7 Å². The molecule has 43 heavy (non-hydrogen) atoms. The third kappa shape index (κ3) is 6.14. The number of ether oxygens (including phenoxy) is 7. The molecule has 4 rings (SSSR count). The van der Waals surface area contributed by atoms with Crippen LogP contribution in [0.25, 0.3) is 0 Å². The summed E-state index contributed by atoms with van der Waals surface area (Å²) in [4.78, 5) is 27.6. The van der Waals surface area contributed by atoms with Crippen molar-refractivity contribution in [2.45, 2.75) is 25.7 Å². The molecule has 3 unspecified atom stereocenters. The fraction of sp³-hybridized carbons (Fsp3) is 0.394. The molecule has 3 aromatic rings. The molecule has 0 heterocycles. The fourth-order valence-corrected chi connectivity index (χ4v) is 5.69. The van der Waals surface area contributed by atoms with E-state index in [0.29, 0.717) is 64.0 Å². The lowest BCUT2D eigenvalue weighted by atomic mass is 9.66. The van der Waals surface area contributed by atoms with Gasteiger partial charge in [0, 0.05) is 17.4 Å². The Morgan fingerprint density at radius 2 is 1.37 bits per heavy atom. The number of rotatable bonds is 12. The molecule has 3 atom stereocenters. The maximum Gasteiger partial charge on any atom is 0.310 e. The third-order valence-corrected chi connectivity index (χ3v) is 7.88. The Kier molecular flexibility index (Phi) is 9.90. The van der Waals surface area contributed by atoms with E-state index in [2.05, 4.69) is 0 Å². The van der Waals surface area contributed by atoms with Gasteiger partial charge < -0.3 is 38.3 Å². The number of hydrogen-bond acceptors (Lipinski definition) is 10. The maximum atomic E-state index is 13.8. The normalized spacial score (nSPS) is 17.5. The monoisotopic (exact) mass is 594 g/mol. The van der Waals surface area contributed by atoms with Crippen molar-refractivity contribution in [3.63, 3.8) is 0 Å². The molecule has 10 heteroatoms. The van der Waals surface area contributed by atoms with Crippen LogP contribution in [0.4, 0.5) is 0 Å². The van der Waals surface area contributed by atoms with Crippen LogP contribution in [0.15, 0.2) is 42.5 Å². The summed E-state index contributed by atoms with van der Waals surface area (Å²) in [5.41, 5.74) is 2.65. The number of aryl methyl sites for hydroxylation is 1. The Hall–Kier alpha value is -4.60. The van der Waals surface area contributed by atoms with E-state index in [1.54, 1.807) is 49.4 Å². The Labute approximate surface area is 251 Å². The van der Waals surface area contributed by atoms with Gasteiger partial charge in [-0.1, -0.05) is 13.0 Å². The van der Waals surface area contributed by atoms with Gasteiger partial charge in [-0.3, -0.25) is 9.59 Å². The van der Waals surface area contributed by atoms with E-state index in [4.69, 9.17) is 33.2 Å². The summed E-state index contributed by atoms with van der Waals surface area (Å²) < 4.78 is 38.8. The van der Waals surface area contributed by atoms with Gasteiger partial charge in [-0.2, -0.15) is 0 Å². The molecule has 0 saturated heterocycles. The summed E-state index contributed by atoms with van der Waals surface area (Å²) in [6.45, 7) is 1.88. The van der Waals surface area contributed by atoms with Gasteiger partial charge in [0.25, 0.3) is 0 Å². The molecule has 0 radical (unpaired) electrons. The second-order valence-corrected chi connectivity index (χ2v) is 10.2. The van der Waals surface area contributed by atoms with Gasteiger partial charge in [-0.15, -0.1) is 0 Å². The van der Waals surface area contributed by atoms with E-state index >= 15 is 0 Å². The number of carbonyl (C=O) groups is 2. The zero-order valence-electron chi connectivity index (χ0n) is 25.5. The molecule has 0 amide bonds. The van der Waals surface area contributed by atoms with Crippen molar-refractivity contribution in [3.8, 4) is 40.2 Å². The second kappa shape index (κ2) is 13.6. The van der Waals surface area contributed by atoms with Crippen LogP contribution in [0.5, 0.6) is 40.2 Å². The average molecular weight is 595 g/mol. The molecule has 1 N–H and O–H groups in total. The van der Waals surface area contributed by atoms with Gasteiger partial charge in [0.15, 0.2) is 40.3 Å². The second-order valence-electron chi connectivity index (χ2n) is 10.2. The van der Waals surface area contributed by atoms with Crippen molar-refractivity contribution in [1.82, 2.24) is 0 Å². The number of methoxy groups -OCH3 is 6. The number of benzene rings is 3. The summed E-state index contributed by atoms with van der Waals surface area (Å²) >= 11 is 0. The van der Waals surface area contributed by atoms with E-state index in [-0.39, 0.29) is 18.1 Å².